The summed E-state index contributed by atoms with van der Waals surface area (Å²) in [5.41, 5.74) is 0.913. The number of nitrogens with zero attached hydrogens (tertiary/aromatic N) is 3. The van der Waals surface area contributed by atoms with Crippen LogP contribution < -0.4 is 4.90 Å². The van der Waals surface area contributed by atoms with E-state index in [1.165, 1.54) is 57.3 Å². The number of piperidine rings is 2. The number of carbonyl (C=O) groups is 3. The average Bonchev–Trinajstić information content (AvgIpc) is 3.16. The zero-order valence-corrected chi connectivity index (χ0v) is 20.0. The summed E-state index contributed by atoms with van der Waals surface area (Å²) < 4.78 is 4.71. The molecular weight excluding hydrogens is 418 g/mol. The van der Waals surface area contributed by atoms with E-state index in [-0.39, 0.29) is 24.3 Å². The largest absolute Gasteiger partial charge is 0.465 e. The van der Waals surface area contributed by atoms with Crippen LogP contribution in [0.25, 0.3) is 0 Å². The molecule has 1 atom stereocenters. The topological polar surface area (TPSA) is 70.2 Å². The molecule has 0 N–H and O–H groups in total. The number of ether oxygens (including phenoxy) is 1. The molecule has 7 nitrogen and oxygen atoms in total. The second kappa shape index (κ2) is 10.8. The van der Waals surface area contributed by atoms with Gasteiger partial charge < -0.3 is 9.64 Å². The molecule has 33 heavy (non-hydrogen) atoms. The minimum atomic E-state index is -0.438. The molecule has 0 spiro atoms. The average molecular weight is 456 g/mol. The van der Waals surface area contributed by atoms with E-state index >= 15 is 0 Å². The zero-order chi connectivity index (χ0) is 23.4. The molecule has 0 bridgehead atoms. The summed E-state index contributed by atoms with van der Waals surface area (Å²) in [6, 6.07) is 6.09. The van der Waals surface area contributed by atoms with Crippen LogP contribution in [0.4, 0.5) is 5.69 Å². The van der Waals surface area contributed by atoms with Crippen molar-refractivity contribution in [2.45, 2.75) is 57.9 Å². The third-order valence-corrected chi connectivity index (χ3v) is 7.90. The highest BCUT2D eigenvalue weighted by Crippen LogP contribution is 2.30. The maximum absolute atomic E-state index is 13.1. The molecule has 3 aliphatic rings. The van der Waals surface area contributed by atoms with Crippen molar-refractivity contribution in [2.24, 2.45) is 11.8 Å². The van der Waals surface area contributed by atoms with Gasteiger partial charge in [0.2, 0.25) is 5.91 Å². The van der Waals surface area contributed by atoms with Gasteiger partial charge in [0.25, 0.3) is 5.91 Å². The Labute approximate surface area is 197 Å². The number of rotatable bonds is 7. The standard InChI is InChI=1S/C26H37N3O4/c1-3-19-8-13-27(14-9-19)15-10-20-11-16-28(17-12-20)23-18-24(30)29(25(23)31)22-6-4-21(5-7-22)26(32)33-2/h4-7,19-20,23H,3,8-18H2,1-2H3. The van der Waals surface area contributed by atoms with Gasteiger partial charge in [0.15, 0.2) is 0 Å². The molecule has 180 valence electrons. The molecule has 7 heteroatoms. The predicted molar refractivity (Wildman–Crippen MR) is 127 cm³/mol. The van der Waals surface area contributed by atoms with Crippen molar-refractivity contribution in [3.63, 3.8) is 0 Å². The Balaban J connectivity index is 1.26. The maximum atomic E-state index is 13.1. The van der Waals surface area contributed by atoms with Crippen LogP contribution in [-0.4, -0.2) is 73.5 Å². The van der Waals surface area contributed by atoms with E-state index in [0.717, 1.165) is 31.8 Å². The minimum Gasteiger partial charge on any atom is -0.465 e. The lowest BCUT2D eigenvalue weighted by molar-refractivity contribution is -0.123. The number of hydrogen-bond acceptors (Lipinski definition) is 6. The van der Waals surface area contributed by atoms with Gasteiger partial charge in [0, 0.05) is 0 Å². The first-order valence-electron chi connectivity index (χ1n) is 12.5. The predicted octanol–water partition coefficient (Wildman–Crippen LogP) is 3.33. The number of amides is 2. The lowest BCUT2D eigenvalue weighted by Gasteiger charge is -2.36. The lowest BCUT2D eigenvalue weighted by atomic mass is 9.91. The highest BCUT2D eigenvalue weighted by Gasteiger charge is 2.43. The SMILES string of the molecule is CCC1CCN(CCC2CCN(C3CC(=O)N(c4ccc(C(=O)OC)cc4)C3=O)CC2)CC1. The number of benzene rings is 1. The van der Waals surface area contributed by atoms with Crippen LogP contribution in [0.1, 0.15) is 62.2 Å². The Morgan fingerprint density at radius 3 is 2.21 bits per heavy atom. The van der Waals surface area contributed by atoms with Crippen LogP contribution >= 0.6 is 0 Å². The van der Waals surface area contributed by atoms with Gasteiger partial charge in [-0.1, -0.05) is 13.3 Å². The first-order chi connectivity index (χ1) is 16.0. The molecule has 1 aromatic rings. The molecule has 3 saturated heterocycles. The number of hydrogen-bond donors (Lipinski definition) is 0. The van der Waals surface area contributed by atoms with E-state index in [9.17, 15) is 14.4 Å². The van der Waals surface area contributed by atoms with E-state index in [2.05, 4.69) is 16.7 Å². The third kappa shape index (κ3) is 5.46. The van der Waals surface area contributed by atoms with Crippen molar-refractivity contribution < 1.29 is 19.1 Å². The van der Waals surface area contributed by atoms with Crippen molar-refractivity contribution in [1.29, 1.82) is 0 Å². The van der Waals surface area contributed by atoms with E-state index in [1.54, 1.807) is 24.3 Å². The molecule has 2 amide bonds. The molecule has 0 saturated carbocycles. The summed E-state index contributed by atoms with van der Waals surface area (Å²) in [6.45, 7) is 7.73. The fourth-order valence-electron chi connectivity index (χ4n) is 5.57. The molecule has 3 aliphatic heterocycles. The first-order valence-corrected chi connectivity index (χ1v) is 12.5. The summed E-state index contributed by atoms with van der Waals surface area (Å²) in [7, 11) is 1.33. The molecule has 0 radical (unpaired) electrons. The van der Waals surface area contributed by atoms with Gasteiger partial charge in [-0.25, -0.2) is 9.69 Å². The first kappa shape index (κ1) is 23.9. The molecule has 1 aromatic carbocycles. The van der Waals surface area contributed by atoms with E-state index in [4.69, 9.17) is 4.74 Å². The van der Waals surface area contributed by atoms with Crippen molar-refractivity contribution >= 4 is 23.5 Å². The number of methoxy groups -OCH3 is 1. The van der Waals surface area contributed by atoms with E-state index in [1.807, 2.05) is 0 Å². The van der Waals surface area contributed by atoms with Crippen LogP contribution in [0.15, 0.2) is 24.3 Å². The summed E-state index contributed by atoms with van der Waals surface area (Å²) in [6.07, 6.45) is 7.65. The van der Waals surface area contributed by atoms with Crippen LogP contribution in [0, 0.1) is 11.8 Å². The summed E-state index contributed by atoms with van der Waals surface area (Å²) in [5.74, 6) is 0.865. The van der Waals surface area contributed by atoms with Crippen LogP contribution in [0.5, 0.6) is 0 Å². The van der Waals surface area contributed by atoms with Gasteiger partial charge in [-0.3, -0.25) is 14.5 Å². The fraction of sp³-hybridized carbons (Fsp3) is 0.654. The third-order valence-electron chi connectivity index (χ3n) is 7.90. The number of carbonyl (C=O) groups excluding carboxylic acids is 3. The van der Waals surface area contributed by atoms with Crippen molar-refractivity contribution in [1.82, 2.24) is 9.80 Å². The molecule has 3 heterocycles. The Morgan fingerprint density at radius 2 is 1.61 bits per heavy atom. The number of esters is 1. The number of likely N-dealkylation sites (tertiary alicyclic amines) is 2. The Bertz CT molecular complexity index is 840. The van der Waals surface area contributed by atoms with Gasteiger partial charge in [-0.15, -0.1) is 0 Å². The summed E-state index contributed by atoms with van der Waals surface area (Å²) >= 11 is 0. The molecule has 1 unspecified atom stereocenters. The van der Waals surface area contributed by atoms with Gasteiger partial charge in [0.05, 0.1) is 30.8 Å². The normalized spacial score (nSPS) is 23.9. The minimum absolute atomic E-state index is 0.150. The van der Waals surface area contributed by atoms with Gasteiger partial charge in [-0.05, 0) is 101 Å². The summed E-state index contributed by atoms with van der Waals surface area (Å²) in [4.78, 5) is 43.5. The smallest absolute Gasteiger partial charge is 0.337 e. The number of imide groups is 1. The second-order valence-electron chi connectivity index (χ2n) is 9.79. The van der Waals surface area contributed by atoms with E-state index in [0.29, 0.717) is 17.2 Å². The van der Waals surface area contributed by atoms with E-state index < -0.39 is 5.97 Å². The monoisotopic (exact) mass is 455 g/mol. The zero-order valence-electron chi connectivity index (χ0n) is 20.0. The molecule has 3 fully saturated rings. The van der Waals surface area contributed by atoms with Crippen LogP contribution in [0.2, 0.25) is 0 Å². The van der Waals surface area contributed by atoms with Crippen LogP contribution in [0.3, 0.4) is 0 Å². The fourth-order valence-corrected chi connectivity index (χ4v) is 5.57. The Morgan fingerprint density at radius 1 is 0.970 bits per heavy atom. The summed E-state index contributed by atoms with van der Waals surface area (Å²) in [5, 5.41) is 0. The Hall–Kier alpha value is -2.25. The van der Waals surface area contributed by atoms with Crippen molar-refractivity contribution in [3.8, 4) is 0 Å². The molecule has 0 aromatic heterocycles. The Kier molecular flexibility index (Phi) is 7.81. The second-order valence-corrected chi connectivity index (χ2v) is 9.79. The lowest BCUT2D eigenvalue weighted by Crippen LogP contribution is -2.46. The molecule has 0 aliphatic carbocycles. The number of anilines is 1. The highest BCUT2D eigenvalue weighted by molar-refractivity contribution is 6.22. The quantitative estimate of drug-likeness (QED) is 0.464. The van der Waals surface area contributed by atoms with Gasteiger partial charge in [-0.2, -0.15) is 0 Å². The molecule has 4 rings (SSSR count). The van der Waals surface area contributed by atoms with Crippen molar-refractivity contribution in [2.75, 3.05) is 44.7 Å². The highest BCUT2D eigenvalue weighted by atomic mass is 16.5. The van der Waals surface area contributed by atoms with Crippen LogP contribution in [-0.2, 0) is 14.3 Å². The molecular formula is C26H37N3O4. The maximum Gasteiger partial charge on any atom is 0.337 e. The van der Waals surface area contributed by atoms with Gasteiger partial charge >= 0.3 is 5.97 Å². The van der Waals surface area contributed by atoms with Gasteiger partial charge in [0.1, 0.15) is 0 Å². The van der Waals surface area contributed by atoms with Crippen molar-refractivity contribution in [3.05, 3.63) is 29.8 Å².